The first-order chi connectivity index (χ1) is 24.7. The molecule has 4 amide bonds. The highest BCUT2D eigenvalue weighted by molar-refractivity contribution is 5.83. The van der Waals surface area contributed by atoms with E-state index in [1.165, 1.54) is 19.3 Å². The van der Waals surface area contributed by atoms with E-state index in [2.05, 4.69) is 40.0 Å². The van der Waals surface area contributed by atoms with Gasteiger partial charge in [-0.2, -0.15) is 0 Å². The fourth-order valence-electron chi connectivity index (χ4n) is 6.34. The number of H-pyrrole nitrogens is 2. The van der Waals surface area contributed by atoms with Crippen LogP contribution in [0.3, 0.4) is 0 Å². The molecule has 2 aliphatic rings. The largest absolute Gasteiger partial charge is 0.453 e. The molecule has 1 saturated heterocycles. The van der Waals surface area contributed by atoms with E-state index in [4.69, 9.17) is 4.84 Å². The molecule has 4 aromatic rings. The summed E-state index contributed by atoms with van der Waals surface area (Å²) in [5, 5.41) is 6.22. The van der Waals surface area contributed by atoms with Crippen LogP contribution in [0.5, 0.6) is 0 Å². The smallest absolute Gasteiger partial charge is 0.407 e. The third-order valence-corrected chi connectivity index (χ3v) is 9.24. The first-order valence-electron chi connectivity index (χ1n) is 16.9. The molecule has 15 nitrogen and oxygen atoms in total. The van der Waals surface area contributed by atoms with Crippen molar-refractivity contribution in [2.75, 3.05) is 33.9 Å². The minimum atomic E-state index is -0.682. The number of hydrogen-bond acceptors (Lipinski definition) is 9. The van der Waals surface area contributed by atoms with Crippen molar-refractivity contribution in [3.8, 4) is 33.6 Å². The Morgan fingerprint density at radius 2 is 1.43 bits per heavy atom. The maximum Gasteiger partial charge on any atom is 0.407 e. The number of carbonyl (C=O) groups excluding carboxylic acids is 4. The second kappa shape index (κ2) is 15.5. The zero-order valence-corrected chi connectivity index (χ0v) is 28.9. The lowest BCUT2D eigenvalue weighted by Gasteiger charge is -2.36. The Morgan fingerprint density at radius 1 is 0.863 bits per heavy atom. The Bertz CT molecular complexity index is 1850. The summed E-state index contributed by atoms with van der Waals surface area (Å²) in [7, 11) is 2.50. The van der Waals surface area contributed by atoms with Crippen molar-refractivity contribution in [2.24, 2.45) is 0 Å². The van der Waals surface area contributed by atoms with Gasteiger partial charge >= 0.3 is 12.2 Å². The van der Waals surface area contributed by atoms with E-state index in [1.54, 1.807) is 17.3 Å². The number of amides is 4. The number of ether oxygens (including phenoxy) is 2. The van der Waals surface area contributed by atoms with Crippen LogP contribution in [-0.4, -0.2) is 93.4 Å². The summed E-state index contributed by atoms with van der Waals surface area (Å²) in [4.78, 5) is 72.2. The van der Waals surface area contributed by atoms with Gasteiger partial charge in [-0.1, -0.05) is 55.5 Å². The monoisotopic (exact) mass is 698 g/mol. The molecule has 268 valence electrons. The maximum absolute atomic E-state index is 13.0. The van der Waals surface area contributed by atoms with Gasteiger partial charge in [0.05, 0.1) is 50.1 Å². The topological polar surface area (TPSA) is 184 Å². The first kappa shape index (κ1) is 35.1. The number of imidazole rings is 2. The molecule has 51 heavy (non-hydrogen) atoms. The van der Waals surface area contributed by atoms with Gasteiger partial charge in [0.25, 0.3) is 5.91 Å². The Kier molecular flexibility index (Phi) is 10.7. The molecule has 4 N–H and O–H groups in total. The Balaban J connectivity index is 1.09. The molecule has 2 aromatic heterocycles. The highest BCUT2D eigenvalue weighted by atomic mass is 16.7. The molecular formula is C36H42N8O7. The van der Waals surface area contributed by atoms with Gasteiger partial charge in [-0.25, -0.2) is 24.6 Å². The highest BCUT2D eigenvalue weighted by Gasteiger charge is 2.52. The summed E-state index contributed by atoms with van der Waals surface area (Å²) in [6.45, 7) is 2.41. The van der Waals surface area contributed by atoms with Gasteiger partial charge in [0.15, 0.2) is 0 Å². The number of benzene rings is 2. The molecular weight excluding hydrogens is 656 g/mol. The van der Waals surface area contributed by atoms with Gasteiger partial charge in [0, 0.05) is 13.0 Å². The van der Waals surface area contributed by atoms with E-state index in [1.807, 2.05) is 55.5 Å². The molecule has 1 aliphatic carbocycles. The SMILES string of the molecule is CCCN(Cc1ncc(-c2ccc(-c3ccc(-c4cnc([C@H]5CC6(CCC6)ON5C(=O)CNC(=O)OC)[nH]4)cc3)cc2)[nH]1)C(=O)CNC(=O)OC. The molecule has 15 heteroatoms. The predicted molar refractivity (Wildman–Crippen MR) is 185 cm³/mol. The number of nitrogens with one attached hydrogen (secondary N) is 4. The summed E-state index contributed by atoms with van der Waals surface area (Å²) in [5.74, 6) is 0.678. The molecule has 0 bridgehead atoms. The number of rotatable bonds is 12. The van der Waals surface area contributed by atoms with Gasteiger partial charge < -0.3 is 35.0 Å². The molecule has 0 unspecified atom stereocenters. The van der Waals surface area contributed by atoms with Crippen molar-refractivity contribution in [3.63, 3.8) is 0 Å². The maximum atomic E-state index is 13.0. The standard InChI is InChI=1S/C36H42N8O7/c1-4-16-43(31(45)20-39-34(47)49-2)22-30-37-18-27(41-30)25-10-6-23(7-11-25)24-8-12-26(13-9-24)28-19-38-33(42-28)29-17-36(14-5-15-36)51-44(29)32(46)21-40-35(48)50-3/h6-13,18-19,29H,4-5,14-17,20-22H2,1-3H3,(H,37,41)(H,38,42)(H,39,47)(H,40,48)/t29-/m1/s1. The molecule has 1 spiro atoms. The van der Waals surface area contributed by atoms with E-state index < -0.39 is 18.2 Å². The second-order valence-electron chi connectivity index (χ2n) is 12.7. The molecule has 0 radical (unpaired) electrons. The molecule has 1 atom stereocenters. The van der Waals surface area contributed by atoms with E-state index in [-0.39, 0.29) is 37.0 Å². The lowest BCUT2D eigenvalue weighted by atomic mass is 9.77. The van der Waals surface area contributed by atoms with Crippen LogP contribution in [0.25, 0.3) is 33.6 Å². The number of hydroxylamine groups is 2. The summed E-state index contributed by atoms with van der Waals surface area (Å²) >= 11 is 0. The number of methoxy groups -OCH3 is 2. The van der Waals surface area contributed by atoms with Gasteiger partial charge in [-0.3, -0.25) is 14.4 Å². The Hall–Kier alpha value is -5.70. The molecule has 1 aliphatic heterocycles. The summed E-state index contributed by atoms with van der Waals surface area (Å²) in [6.07, 6.45) is 6.35. The molecule has 3 heterocycles. The van der Waals surface area contributed by atoms with E-state index in [9.17, 15) is 19.2 Å². The number of nitrogens with zero attached hydrogens (tertiary/aromatic N) is 4. The van der Waals surface area contributed by atoms with Gasteiger partial charge in [-0.15, -0.1) is 0 Å². The van der Waals surface area contributed by atoms with Crippen molar-refractivity contribution in [3.05, 3.63) is 72.6 Å². The number of alkyl carbamates (subject to hydrolysis) is 2. The van der Waals surface area contributed by atoms with Crippen molar-refractivity contribution >= 4 is 24.0 Å². The average Bonchev–Trinajstić information content (AvgIpc) is 3.92. The fourth-order valence-corrected chi connectivity index (χ4v) is 6.34. The molecule has 6 rings (SSSR count). The summed E-state index contributed by atoms with van der Waals surface area (Å²) in [5.41, 5.74) is 5.24. The van der Waals surface area contributed by atoms with Gasteiger partial charge in [0.1, 0.15) is 30.8 Å². The molecule has 1 saturated carbocycles. The van der Waals surface area contributed by atoms with Crippen LogP contribution in [0.4, 0.5) is 9.59 Å². The summed E-state index contributed by atoms with van der Waals surface area (Å²) in [6, 6.07) is 15.9. The van der Waals surface area contributed by atoms with Crippen molar-refractivity contribution in [2.45, 2.75) is 57.2 Å². The predicted octanol–water partition coefficient (Wildman–Crippen LogP) is 4.71. The van der Waals surface area contributed by atoms with Crippen molar-refractivity contribution < 1.29 is 33.5 Å². The van der Waals surface area contributed by atoms with E-state index >= 15 is 0 Å². The third-order valence-electron chi connectivity index (χ3n) is 9.24. The van der Waals surface area contributed by atoms with Crippen molar-refractivity contribution in [1.82, 2.24) is 40.5 Å². The van der Waals surface area contributed by atoms with Crippen LogP contribution < -0.4 is 10.6 Å². The highest BCUT2D eigenvalue weighted by Crippen LogP contribution is 2.50. The number of carbonyl (C=O) groups is 4. The second-order valence-corrected chi connectivity index (χ2v) is 12.7. The van der Waals surface area contributed by atoms with Crippen LogP contribution in [-0.2, 0) is 30.4 Å². The fraction of sp³-hybridized carbons (Fsp3) is 0.389. The van der Waals surface area contributed by atoms with Crippen molar-refractivity contribution in [1.29, 1.82) is 0 Å². The quantitative estimate of drug-likeness (QED) is 0.163. The molecule has 2 fully saturated rings. The van der Waals surface area contributed by atoms with Crippen LogP contribution >= 0.6 is 0 Å². The van der Waals surface area contributed by atoms with E-state index in [0.717, 1.165) is 59.3 Å². The zero-order chi connectivity index (χ0) is 36.0. The average molecular weight is 699 g/mol. The number of aromatic nitrogens is 4. The summed E-state index contributed by atoms with van der Waals surface area (Å²) < 4.78 is 9.14. The Morgan fingerprint density at radius 3 is 2.00 bits per heavy atom. The normalized spacial score (nSPS) is 16.0. The van der Waals surface area contributed by atoms with Crippen LogP contribution in [0.2, 0.25) is 0 Å². The van der Waals surface area contributed by atoms with Gasteiger partial charge in [-0.05, 0) is 47.9 Å². The minimum Gasteiger partial charge on any atom is -0.453 e. The van der Waals surface area contributed by atoms with Gasteiger partial charge in [0.2, 0.25) is 5.91 Å². The third kappa shape index (κ3) is 8.04. The Labute approximate surface area is 295 Å². The molecule has 2 aromatic carbocycles. The lowest BCUT2D eigenvalue weighted by Crippen LogP contribution is -2.42. The zero-order valence-electron chi connectivity index (χ0n) is 28.9. The van der Waals surface area contributed by atoms with Crippen LogP contribution in [0, 0.1) is 0 Å². The van der Waals surface area contributed by atoms with Crippen LogP contribution in [0.15, 0.2) is 60.9 Å². The number of hydrogen-bond donors (Lipinski definition) is 4. The van der Waals surface area contributed by atoms with E-state index in [0.29, 0.717) is 24.6 Å². The first-order valence-corrected chi connectivity index (χ1v) is 16.9. The van der Waals surface area contributed by atoms with Crippen LogP contribution in [0.1, 0.15) is 56.7 Å². The minimum absolute atomic E-state index is 0.151. The lowest BCUT2D eigenvalue weighted by molar-refractivity contribution is -0.227. The number of aromatic amines is 2.